The van der Waals surface area contributed by atoms with Gasteiger partial charge in [-0.05, 0) is 45.2 Å². The molecule has 3 heteroatoms. The van der Waals surface area contributed by atoms with Crippen molar-refractivity contribution in [1.29, 1.82) is 0 Å². The van der Waals surface area contributed by atoms with Crippen LogP contribution in [0.25, 0.3) is 0 Å². The van der Waals surface area contributed by atoms with E-state index in [1.54, 1.807) is 0 Å². The Morgan fingerprint density at radius 2 is 1.82 bits per heavy atom. The highest BCUT2D eigenvalue weighted by Crippen LogP contribution is 2.38. The molecule has 2 fully saturated rings. The molecular weight excluding hydrogens is 272 g/mol. The molecule has 2 bridgehead atoms. The molecule has 0 aromatic heterocycles. The lowest BCUT2D eigenvalue weighted by molar-refractivity contribution is 0.0472. The van der Waals surface area contributed by atoms with E-state index in [0.29, 0.717) is 0 Å². The van der Waals surface area contributed by atoms with Crippen LogP contribution in [-0.4, -0.2) is 54.7 Å². The number of nitrogens with zero attached hydrogens (tertiary/aromatic N) is 2. The van der Waals surface area contributed by atoms with Crippen LogP contribution in [0.3, 0.4) is 0 Å². The lowest BCUT2D eigenvalue weighted by atomic mass is 9.95. The van der Waals surface area contributed by atoms with Gasteiger partial charge in [0.1, 0.15) is 0 Å². The third-order valence-corrected chi connectivity index (χ3v) is 5.48. The van der Waals surface area contributed by atoms with E-state index in [9.17, 15) is 0 Å². The Labute approximate surface area is 135 Å². The van der Waals surface area contributed by atoms with Crippen molar-refractivity contribution < 1.29 is 4.74 Å². The third kappa shape index (κ3) is 3.70. The summed E-state index contributed by atoms with van der Waals surface area (Å²) in [6, 6.07) is 13.2. The fourth-order valence-electron chi connectivity index (χ4n) is 4.19. The molecule has 2 aliphatic rings. The SMILES string of the molecule is CCOCCN(C)C1CC2CCC(C1)N2Cc1ccccc1. The minimum atomic E-state index is 0.741. The molecule has 22 heavy (non-hydrogen) atoms. The van der Waals surface area contributed by atoms with Crippen molar-refractivity contribution >= 4 is 0 Å². The maximum Gasteiger partial charge on any atom is 0.0593 e. The Bertz CT molecular complexity index is 436. The zero-order valence-electron chi connectivity index (χ0n) is 14.1. The molecule has 2 unspecified atom stereocenters. The fourth-order valence-corrected chi connectivity index (χ4v) is 4.19. The van der Waals surface area contributed by atoms with Crippen LogP contribution in [0.2, 0.25) is 0 Å². The van der Waals surface area contributed by atoms with E-state index in [1.807, 2.05) is 0 Å². The molecule has 0 spiro atoms. The molecule has 1 aromatic carbocycles. The minimum Gasteiger partial charge on any atom is -0.380 e. The lowest BCUT2D eigenvalue weighted by Crippen LogP contribution is -2.49. The summed E-state index contributed by atoms with van der Waals surface area (Å²) in [5.41, 5.74) is 1.46. The highest BCUT2D eigenvalue weighted by atomic mass is 16.5. The number of fused-ring (bicyclic) bond motifs is 2. The number of rotatable bonds is 7. The Kier molecular flexibility index (Phi) is 5.51. The van der Waals surface area contributed by atoms with Gasteiger partial charge in [-0.15, -0.1) is 0 Å². The van der Waals surface area contributed by atoms with Gasteiger partial charge in [-0.3, -0.25) is 4.90 Å². The molecule has 2 saturated heterocycles. The average molecular weight is 302 g/mol. The second-order valence-electron chi connectivity index (χ2n) is 6.85. The van der Waals surface area contributed by atoms with Crippen LogP contribution in [0.4, 0.5) is 0 Å². The maximum atomic E-state index is 5.51. The molecule has 2 heterocycles. The van der Waals surface area contributed by atoms with Gasteiger partial charge < -0.3 is 9.64 Å². The molecule has 2 aliphatic heterocycles. The van der Waals surface area contributed by atoms with E-state index in [0.717, 1.165) is 44.4 Å². The van der Waals surface area contributed by atoms with Crippen molar-refractivity contribution in [1.82, 2.24) is 9.80 Å². The van der Waals surface area contributed by atoms with E-state index in [2.05, 4.69) is 54.1 Å². The molecular formula is C19H30N2O. The fraction of sp³-hybridized carbons (Fsp3) is 0.684. The predicted molar refractivity (Wildman–Crippen MR) is 90.9 cm³/mol. The summed E-state index contributed by atoms with van der Waals surface area (Å²) in [5.74, 6) is 0. The van der Waals surface area contributed by atoms with Crippen LogP contribution in [0.15, 0.2) is 30.3 Å². The molecule has 0 amide bonds. The van der Waals surface area contributed by atoms with Crippen molar-refractivity contribution in [2.75, 3.05) is 26.8 Å². The van der Waals surface area contributed by atoms with Gasteiger partial charge in [0.25, 0.3) is 0 Å². The Morgan fingerprint density at radius 3 is 2.45 bits per heavy atom. The van der Waals surface area contributed by atoms with Crippen molar-refractivity contribution in [2.24, 2.45) is 0 Å². The van der Waals surface area contributed by atoms with E-state index < -0.39 is 0 Å². The second-order valence-corrected chi connectivity index (χ2v) is 6.85. The monoisotopic (exact) mass is 302 g/mol. The molecule has 0 saturated carbocycles. The molecule has 2 atom stereocenters. The first-order valence-corrected chi connectivity index (χ1v) is 8.85. The normalized spacial score (nSPS) is 28.4. The van der Waals surface area contributed by atoms with Gasteiger partial charge in [0, 0.05) is 37.8 Å². The molecule has 3 nitrogen and oxygen atoms in total. The average Bonchev–Trinajstić information content (AvgIpc) is 2.77. The van der Waals surface area contributed by atoms with Crippen LogP contribution < -0.4 is 0 Å². The van der Waals surface area contributed by atoms with Gasteiger partial charge in [-0.25, -0.2) is 0 Å². The Morgan fingerprint density at radius 1 is 1.14 bits per heavy atom. The number of ether oxygens (including phenoxy) is 1. The van der Waals surface area contributed by atoms with E-state index in [-0.39, 0.29) is 0 Å². The molecule has 1 aromatic rings. The summed E-state index contributed by atoms with van der Waals surface area (Å²) in [6.45, 7) is 5.96. The van der Waals surface area contributed by atoms with Gasteiger partial charge in [0.15, 0.2) is 0 Å². The number of likely N-dealkylation sites (N-methyl/N-ethyl adjacent to an activating group) is 1. The summed E-state index contributed by atoms with van der Waals surface area (Å²) in [5, 5.41) is 0. The number of hydrogen-bond acceptors (Lipinski definition) is 3. The number of piperidine rings is 1. The predicted octanol–water partition coefficient (Wildman–Crippen LogP) is 3.15. The van der Waals surface area contributed by atoms with Gasteiger partial charge in [-0.2, -0.15) is 0 Å². The topological polar surface area (TPSA) is 15.7 Å². The molecule has 3 rings (SSSR count). The summed E-state index contributed by atoms with van der Waals surface area (Å²) in [7, 11) is 2.27. The molecule has 0 aliphatic carbocycles. The van der Waals surface area contributed by atoms with Crippen LogP contribution in [-0.2, 0) is 11.3 Å². The lowest BCUT2D eigenvalue weighted by Gasteiger charge is -2.42. The smallest absolute Gasteiger partial charge is 0.0593 e. The number of hydrogen-bond donors (Lipinski definition) is 0. The Hall–Kier alpha value is -0.900. The van der Waals surface area contributed by atoms with Crippen LogP contribution in [0, 0.1) is 0 Å². The first-order valence-electron chi connectivity index (χ1n) is 8.85. The summed E-state index contributed by atoms with van der Waals surface area (Å²) >= 11 is 0. The summed E-state index contributed by atoms with van der Waals surface area (Å²) in [4.78, 5) is 5.29. The zero-order chi connectivity index (χ0) is 15.4. The van der Waals surface area contributed by atoms with Crippen LogP contribution in [0.5, 0.6) is 0 Å². The third-order valence-electron chi connectivity index (χ3n) is 5.48. The highest BCUT2D eigenvalue weighted by Gasteiger charge is 2.41. The highest BCUT2D eigenvalue weighted by molar-refractivity contribution is 5.15. The maximum absolute atomic E-state index is 5.51. The minimum absolute atomic E-state index is 0.741. The molecule has 0 radical (unpaired) electrons. The van der Waals surface area contributed by atoms with Gasteiger partial charge >= 0.3 is 0 Å². The molecule has 122 valence electrons. The van der Waals surface area contributed by atoms with Crippen LogP contribution >= 0.6 is 0 Å². The quantitative estimate of drug-likeness (QED) is 0.720. The van der Waals surface area contributed by atoms with E-state index >= 15 is 0 Å². The first kappa shape index (κ1) is 16.0. The van der Waals surface area contributed by atoms with Gasteiger partial charge in [0.2, 0.25) is 0 Å². The number of benzene rings is 1. The van der Waals surface area contributed by atoms with Crippen molar-refractivity contribution in [3.05, 3.63) is 35.9 Å². The van der Waals surface area contributed by atoms with Crippen LogP contribution in [0.1, 0.15) is 38.2 Å². The first-order chi connectivity index (χ1) is 10.8. The second kappa shape index (κ2) is 7.58. The van der Waals surface area contributed by atoms with Gasteiger partial charge in [-0.1, -0.05) is 30.3 Å². The summed E-state index contributed by atoms with van der Waals surface area (Å²) < 4.78 is 5.51. The summed E-state index contributed by atoms with van der Waals surface area (Å²) in [6.07, 6.45) is 5.42. The van der Waals surface area contributed by atoms with Gasteiger partial charge in [0.05, 0.1) is 6.61 Å². The van der Waals surface area contributed by atoms with E-state index in [4.69, 9.17) is 4.74 Å². The zero-order valence-corrected chi connectivity index (χ0v) is 14.1. The largest absolute Gasteiger partial charge is 0.380 e. The van der Waals surface area contributed by atoms with Crippen molar-refractivity contribution in [2.45, 2.75) is 57.3 Å². The van der Waals surface area contributed by atoms with E-state index in [1.165, 1.54) is 31.2 Å². The standard InChI is InChI=1S/C19H30N2O/c1-3-22-12-11-20(2)19-13-17-9-10-18(14-19)21(17)15-16-7-5-4-6-8-16/h4-8,17-19H,3,9-15H2,1-2H3. The Balaban J connectivity index is 1.55. The molecule has 0 N–H and O–H groups in total. The van der Waals surface area contributed by atoms with Crippen molar-refractivity contribution in [3.8, 4) is 0 Å². The van der Waals surface area contributed by atoms with Crippen molar-refractivity contribution in [3.63, 3.8) is 0 Å².